The lowest BCUT2D eigenvalue weighted by Crippen LogP contribution is -1.97. The van der Waals surface area contributed by atoms with Crippen LogP contribution in [0.3, 0.4) is 0 Å². The van der Waals surface area contributed by atoms with Crippen molar-refractivity contribution in [3.05, 3.63) is 23.5 Å². The number of carbonyl (C=O) groups is 1. The van der Waals surface area contributed by atoms with Gasteiger partial charge in [-0.25, -0.2) is 0 Å². The number of hydrogen-bond acceptors (Lipinski definition) is 2. The van der Waals surface area contributed by atoms with Gasteiger partial charge in [0.1, 0.15) is 0 Å². The molecule has 0 saturated heterocycles. The van der Waals surface area contributed by atoms with Crippen molar-refractivity contribution in [2.24, 2.45) is 0 Å². The number of rotatable bonds is 5. The van der Waals surface area contributed by atoms with Gasteiger partial charge >= 0.3 is 0 Å². The fourth-order valence-corrected chi connectivity index (χ4v) is 1.62. The smallest absolute Gasteiger partial charge is 0.293 e. The Labute approximate surface area is 77.1 Å². The van der Waals surface area contributed by atoms with Crippen LogP contribution in [0.2, 0.25) is 0 Å². The zero-order valence-electron chi connectivity index (χ0n) is 7.45. The predicted molar refractivity (Wildman–Crippen MR) is 48.5 cm³/mol. The number of H-pyrrole nitrogens is 1. The highest BCUT2D eigenvalue weighted by Crippen LogP contribution is 2.41. The summed E-state index contributed by atoms with van der Waals surface area (Å²) in [6, 6.07) is 0. The van der Waals surface area contributed by atoms with Crippen molar-refractivity contribution in [1.82, 2.24) is 4.98 Å². The number of hydrogen-bond donors (Lipinski definition) is 1. The van der Waals surface area contributed by atoms with E-state index >= 15 is 0 Å². The molecule has 0 amide bonds. The van der Waals surface area contributed by atoms with Crippen LogP contribution in [0.15, 0.2) is 12.4 Å². The molecule has 70 valence electrons. The van der Waals surface area contributed by atoms with E-state index in [1.807, 2.05) is 6.20 Å². The molecule has 1 heterocycles. The van der Waals surface area contributed by atoms with Gasteiger partial charge in [0.15, 0.2) is 0 Å². The predicted octanol–water partition coefficient (Wildman–Crippen LogP) is 1.61. The van der Waals surface area contributed by atoms with E-state index in [0.29, 0.717) is 13.1 Å². The van der Waals surface area contributed by atoms with E-state index in [2.05, 4.69) is 15.9 Å². The van der Waals surface area contributed by atoms with Gasteiger partial charge in [0, 0.05) is 18.8 Å². The maximum atomic E-state index is 9.93. The molecule has 3 heteroatoms. The Bertz CT molecular complexity index is 289. The van der Waals surface area contributed by atoms with E-state index in [9.17, 15) is 4.79 Å². The molecule has 0 bridgehead atoms. The van der Waals surface area contributed by atoms with Crippen LogP contribution in [0.1, 0.15) is 29.9 Å². The highest BCUT2D eigenvalue weighted by molar-refractivity contribution is 5.37. The zero-order chi connectivity index (χ0) is 9.10. The molecule has 1 aliphatic carbocycles. The van der Waals surface area contributed by atoms with E-state index in [4.69, 9.17) is 0 Å². The minimum Gasteiger partial charge on any atom is -0.468 e. The Morgan fingerprint density at radius 2 is 2.38 bits per heavy atom. The van der Waals surface area contributed by atoms with Gasteiger partial charge in [0.2, 0.25) is 0 Å². The molecule has 1 N–H and O–H groups in total. The van der Waals surface area contributed by atoms with Crippen LogP contribution >= 0.6 is 0 Å². The van der Waals surface area contributed by atoms with Crippen molar-refractivity contribution < 1.29 is 9.53 Å². The fraction of sp³-hybridized carbons (Fsp3) is 0.500. The van der Waals surface area contributed by atoms with Gasteiger partial charge < -0.3 is 9.72 Å². The first-order valence-corrected chi connectivity index (χ1v) is 4.62. The third-order valence-electron chi connectivity index (χ3n) is 2.44. The van der Waals surface area contributed by atoms with Gasteiger partial charge in [0.25, 0.3) is 6.47 Å². The molecule has 0 radical (unpaired) electrons. The standard InChI is InChI=1S/C10H13NO2/c12-7-13-4-3-9-5-11-6-10(9)8-1-2-8/h5-8,11H,1-4H2. The van der Waals surface area contributed by atoms with E-state index < -0.39 is 0 Å². The second kappa shape index (κ2) is 3.64. The summed E-state index contributed by atoms with van der Waals surface area (Å²) in [5.74, 6) is 0.762. The second-order valence-electron chi connectivity index (χ2n) is 3.43. The second-order valence-corrected chi connectivity index (χ2v) is 3.43. The van der Waals surface area contributed by atoms with E-state index in [0.717, 1.165) is 12.3 Å². The lowest BCUT2D eigenvalue weighted by atomic mass is 10.1. The highest BCUT2D eigenvalue weighted by Gasteiger charge is 2.26. The Hall–Kier alpha value is -1.25. The van der Waals surface area contributed by atoms with Crippen molar-refractivity contribution >= 4 is 6.47 Å². The van der Waals surface area contributed by atoms with Gasteiger partial charge in [-0.3, -0.25) is 4.79 Å². The highest BCUT2D eigenvalue weighted by atomic mass is 16.5. The van der Waals surface area contributed by atoms with Crippen LogP contribution in [0.5, 0.6) is 0 Å². The summed E-state index contributed by atoms with van der Waals surface area (Å²) in [5, 5.41) is 0. The van der Waals surface area contributed by atoms with Gasteiger partial charge in [-0.2, -0.15) is 0 Å². The number of aromatic amines is 1. The minimum atomic E-state index is 0.487. The maximum Gasteiger partial charge on any atom is 0.293 e. The quantitative estimate of drug-likeness (QED) is 0.551. The van der Waals surface area contributed by atoms with Gasteiger partial charge in [-0.1, -0.05) is 0 Å². The largest absolute Gasteiger partial charge is 0.468 e. The topological polar surface area (TPSA) is 42.1 Å². The van der Waals surface area contributed by atoms with Gasteiger partial charge in [-0.15, -0.1) is 0 Å². The molecule has 13 heavy (non-hydrogen) atoms. The summed E-state index contributed by atoms with van der Waals surface area (Å²) >= 11 is 0. The van der Waals surface area contributed by atoms with Crippen LogP contribution in [0.4, 0.5) is 0 Å². The zero-order valence-corrected chi connectivity index (χ0v) is 7.45. The number of carbonyl (C=O) groups excluding carboxylic acids is 1. The van der Waals surface area contributed by atoms with Crippen LogP contribution in [-0.2, 0) is 16.0 Å². The van der Waals surface area contributed by atoms with Crippen molar-refractivity contribution in [2.75, 3.05) is 6.61 Å². The lowest BCUT2D eigenvalue weighted by Gasteiger charge is -2.00. The summed E-state index contributed by atoms with van der Waals surface area (Å²) in [5.41, 5.74) is 2.71. The maximum absolute atomic E-state index is 9.93. The number of aromatic nitrogens is 1. The molecule has 0 atom stereocenters. The lowest BCUT2D eigenvalue weighted by molar-refractivity contribution is -0.128. The molecular formula is C10H13NO2. The van der Waals surface area contributed by atoms with Crippen molar-refractivity contribution in [2.45, 2.75) is 25.2 Å². The van der Waals surface area contributed by atoms with Crippen LogP contribution in [0.25, 0.3) is 0 Å². The van der Waals surface area contributed by atoms with Crippen LogP contribution < -0.4 is 0 Å². The Kier molecular flexibility index (Phi) is 2.34. The molecular weight excluding hydrogens is 166 g/mol. The summed E-state index contributed by atoms with van der Waals surface area (Å²) in [7, 11) is 0. The monoisotopic (exact) mass is 179 g/mol. The summed E-state index contributed by atoms with van der Waals surface area (Å²) in [6.07, 6.45) is 7.50. The van der Waals surface area contributed by atoms with Crippen molar-refractivity contribution in [3.63, 3.8) is 0 Å². The molecule has 1 aliphatic rings. The molecule has 1 aromatic heterocycles. The first-order valence-electron chi connectivity index (χ1n) is 4.62. The third kappa shape index (κ3) is 1.91. The molecule has 0 aliphatic heterocycles. The number of ether oxygens (including phenoxy) is 1. The normalized spacial score (nSPS) is 15.7. The Morgan fingerprint density at radius 3 is 3.08 bits per heavy atom. The van der Waals surface area contributed by atoms with Crippen LogP contribution in [0, 0.1) is 0 Å². The fourth-order valence-electron chi connectivity index (χ4n) is 1.62. The molecule has 1 saturated carbocycles. The summed E-state index contributed by atoms with van der Waals surface area (Å²) < 4.78 is 4.67. The molecule has 0 spiro atoms. The molecule has 1 fully saturated rings. The number of nitrogens with one attached hydrogen (secondary N) is 1. The van der Waals surface area contributed by atoms with Crippen molar-refractivity contribution in [1.29, 1.82) is 0 Å². The Morgan fingerprint density at radius 1 is 1.54 bits per heavy atom. The SMILES string of the molecule is O=COCCc1c[nH]cc1C1CC1. The van der Waals surface area contributed by atoms with Crippen molar-refractivity contribution in [3.8, 4) is 0 Å². The summed E-state index contributed by atoms with van der Waals surface area (Å²) in [6.45, 7) is 0.991. The molecule has 3 nitrogen and oxygen atoms in total. The minimum absolute atomic E-state index is 0.487. The average molecular weight is 179 g/mol. The molecule has 1 aromatic rings. The first kappa shape index (κ1) is 8.35. The van der Waals surface area contributed by atoms with Gasteiger partial charge in [0.05, 0.1) is 6.61 Å². The van der Waals surface area contributed by atoms with Crippen LogP contribution in [-0.4, -0.2) is 18.1 Å². The van der Waals surface area contributed by atoms with Gasteiger partial charge in [-0.05, 0) is 29.9 Å². The first-order chi connectivity index (χ1) is 6.42. The molecule has 2 rings (SSSR count). The van der Waals surface area contributed by atoms with E-state index in [1.165, 1.54) is 24.0 Å². The Balaban J connectivity index is 1.94. The third-order valence-corrected chi connectivity index (χ3v) is 2.44. The van der Waals surface area contributed by atoms with E-state index in [-0.39, 0.29) is 0 Å². The summed E-state index contributed by atoms with van der Waals surface area (Å²) in [4.78, 5) is 13.0. The average Bonchev–Trinajstić information content (AvgIpc) is 2.88. The molecule has 0 unspecified atom stereocenters. The molecule has 0 aromatic carbocycles. The van der Waals surface area contributed by atoms with E-state index in [1.54, 1.807) is 0 Å².